The molecule has 28 heavy (non-hydrogen) atoms. The van der Waals surface area contributed by atoms with E-state index in [2.05, 4.69) is 6.58 Å². The molecule has 0 aromatic heterocycles. The summed E-state index contributed by atoms with van der Waals surface area (Å²) in [6.07, 6.45) is 3.32. The lowest BCUT2D eigenvalue weighted by Crippen LogP contribution is -2.45. The number of hydrogen-bond acceptors (Lipinski definition) is 6. The van der Waals surface area contributed by atoms with Crippen molar-refractivity contribution in [3.63, 3.8) is 0 Å². The van der Waals surface area contributed by atoms with E-state index in [1.165, 1.54) is 20.5 Å². The van der Waals surface area contributed by atoms with Gasteiger partial charge in [-0.1, -0.05) is 18.2 Å². The number of likely N-dealkylation sites (tertiary alicyclic amines) is 1. The summed E-state index contributed by atoms with van der Waals surface area (Å²) < 4.78 is 9.80. The summed E-state index contributed by atoms with van der Waals surface area (Å²) in [6.45, 7) is 4.48. The van der Waals surface area contributed by atoms with Gasteiger partial charge in [0.25, 0.3) is 0 Å². The molecule has 0 unspecified atom stereocenters. The van der Waals surface area contributed by atoms with Crippen LogP contribution < -0.4 is 5.73 Å². The van der Waals surface area contributed by atoms with E-state index in [9.17, 15) is 14.4 Å². The smallest absolute Gasteiger partial charge is 0.337 e. The fourth-order valence-corrected chi connectivity index (χ4v) is 3.40. The van der Waals surface area contributed by atoms with Crippen molar-refractivity contribution in [3.05, 3.63) is 54.3 Å². The molecule has 0 saturated carbocycles. The molecule has 0 spiro atoms. The quantitative estimate of drug-likeness (QED) is 0.184. The highest BCUT2D eigenvalue weighted by Gasteiger charge is 2.37. The Bertz CT molecular complexity index is 787. The minimum atomic E-state index is -0.533. The van der Waals surface area contributed by atoms with Crippen LogP contribution in [0.15, 0.2) is 48.8 Å². The molecular weight excluding hydrogens is 360 g/mol. The lowest BCUT2D eigenvalue weighted by Gasteiger charge is -2.37. The molecule has 0 radical (unpaired) electrons. The van der Waals surface area contributed by atoms with Crippen LogP contribution in [0.2, 0.25) is 0 Å². The Labute approximate surface area is 164 Å². The largest absolute Gasteiger partial charge is 0.504 e. The normalized spacial score (nSPS) is 19.9. The Morgan fingerprint density at radius 2 is 2.04 bits per heavy atom. The number of piperidine rings is 1. The summed E-state index contributed by atoms with van der Waals surface area (Å²) in [6, 6.07) is 6.87. The molecule has 150 valence electrons. The maximum Gasteiger partial charge on any atom is 0.337 e. The predicted octanol–water partition coefficient (Wildman–Crippen LogP) is 2.20. The first-order valence-corrected chi connectivity index (χ1v) is 9.02. The maximum atomic E-state index is 12.6. The number of nitrogens with zero attached hydrogens (tertiary/aromatic N) is 1. The topological polar surface area (TPSA) is 98.9 Å². The molecule has 1 aromatic carbocycles. The lowest BCUT2D eigenvalue weighted by molar-refractivity contribution is -0.139. The molecule has 0 aliphatic carbocycles. The SMILES string of the molecule is C=C[C@H]1CN(CCC(=O)c2ccccc2N)C(=O)C[C@@H]1/C(=C/OC)C(=O)OC. The molecule has 1 aliphatic rings. The van der Waals surface area contributed by atoms with Crippen LogP contribution in [0, 0.1) is 11.8 Å². The second-order valence-corrected chi connectivity index (χ2v) is 6.61. The van der Waals surface area contributed by atoms with Crippen LogP contribution in [0.25, 0.3) is 0 Å². The Morgan fingerprint density at radius 3 is 2.64 bits per heavy atom. The number of esters is 1. The lowest BCUT2D eigenvalue weighted by atomic mass is 9.80. The molecule has 1 aliphatic heterocycles. The summed E-state index contributed by atoms with van der Waals surface area (Å²) in [5, 5.41) is 0. The fraction of sp³-hybridized carbons (Fsp3) is 0.381. The molecule has 1 saturated heterocycles. The minimum Gasteiger partial charge on any atom is -0.504 e. The number of rotatable bonds is 8. The molecular formula is C21H26N2O5. The molecule has 2 atom stereocenters. The van der Waals surface area contributed by atoms with E-state index in [1.807, 2.05) is 0 Å². The number of ketones is 1. The molecule has 0 bridgehead atoms. The number of ether oxygens (including phenoxy) is 2. The molecule has 7 nitrogen and oxygen atoms in total. The highest BCUT2D eigenvalue weighted by Crippen LogP contribution is 2.32. The maximum absolute atomic E-state index is 12.6. The zero-order chi connectivity index (χ0) is 20.7. The highest BCUT2D eigenvalue weighted by molar-refractivity contribution is 6.01. The number of nitrogen functional groups attached to an aromatic ring is 1. The first-order valence-electron chi connectivity index (χ1n) is 9.02. The molecule has 1 aromatic rings. The summed E-state index contributed by atoms with van der Waals surface area (Å²) in [7, 11) is 2.72. The average Bonchev–Trinajstić information content (AvgIpc) is 2.70. The van der Waals surface area contributed by atoms with Crippen LogP contribution in [-0.2, 0) is 19.1 Å². The van der Waals surface area contributed by atoms with E-state index < -0.39 is 5.97 Å². The highest BCUT2D eigenvalue weighted by atomic mass is 16.5. The van der Waals surface area contributed by atoms with Crippen molar-refractivity contribution in [1.29, 1.82) is 0 Å². The summed E-state index contributed by atoms with van der Waals surface area (Å²) in [5.74, 6) is -1.32. The first-order chi connectivity index (χ1) is 13.4. The second kappa shape index (κ2) is 9.73. The van der Waals surface area contributed by atoms with Crippen molar-refractivity contribution in [2.75, 3.05) is 33.0 Å². The van der Waals surface area contributed by atoms with Gasteiger partial charge < -0.3 is 20.1 Å². The third-order valence-electron chi connectivity index (χ3n) is 4.93. The number of hydrogen-bond donors (Lipinski definition) is 1. The summed E-state index contributed by atoms with van der Waals surface area (Å²) in [4.78, 5) is 38.8. The number of benzene rings is 1. The molecule has 1 heterocycles. The summed E-state index contributed by atoms with van der Waals surface area (Å²) in [5.41, 5.74) is 7.03. The number of methoxy groups -OCH3 is 2. The van der Waals surface area contributed by atoms with E-state index >= 15 is 0 Å². The van der Waals surface area contributed by atoms with Crippen molar-refractivity contribution >= 4 is 23.3 Å². The third kappa shape index (κ3) is 4.79. The van der Waals surface area contributed by atoms with Gasteiger partial charge in [0.2, 0.25) is 5.91 Å². The van der Waals surface area contributed by atoms with Gasteiger partial charge in [0.1, 0.15) is 0 Å². The first kappa shape index (κ1) is 21.2. The zero-order valence-electron chi connectivity index (χ0n) is 16.2. The van der Waals surface area contributed by atoms with Gasteiger partial charge >= 0.3 is 5.97 Å². The van der Waals surface area contributed by atoms with Crippen molar-refractivity contribution in [1.82, 2.24) is 4.90 Å². The van der Waals surface area contributed by atoms with E-state index in [4.69, 9.17) is 15.2 Å². The third-order valence-corrected chi connectivity index (χ3v) is 4.93. The Hall–Kier alpha value is -3.09. The molecule has 2 rings (SSSR count). The van der Waals surface area contributed by atoms with Gasteiger partial charge in [0.15, 0.2) is 5.78 Å². The van der Waals surface area contributed by atoms with Gasteiger partial charge in [0.05, 0.1) is 26.1 Å². The molecule has 1 fully saturated rings. The Balaban J connectivity index is 2.08. The van der Waals surface area contributed by atoms with E-state index in [0.29, 0.717) is 23.4 Å². The van der Waals surface area contributed by atoms with Gasteiger partial charge in [-0.25, -0.2) is 4.79 Å². The monoisotopic (exact) mass is 386 g/mol. The Morgan fingerprint density at radius 1 is 1.32 bits per heavy atom. The van der Waals surface area contributed by atoms with Gasteiger partial charge in [-0.15, -0.1) is 6.58 Å². The summed E-state index contributed by atoms with van der Waals surface area (Å²) >= 11 is 0. The number of nitrogens with two attached hydrogens (primary N) is 1. The standard InChI is InChI=1S/C21H26N2O5/c1-4-14-12-23(10-9-19(24)15-7-5-6-8-18(15)22)20(25)11-16(14)17(13-27-2)21(26)28-3/h4-8,13-14,16H,1,9-12,22H2,2-3H3/b17-13-/t14-,16-/m0/s1. The van der Waals surface area contributed by atoms with E-state index in [-0.39, 0.29) is 42.9 Å². The fourth-order valence-electron chi connectivity index (χ4n) is 3.40. The van der Waals surface area contributed by atoms with Crippen molar-refractivity contribution < 1.29 is 23.9 Å². The number of carbonyl (C=O) groups is 3. The van der Waals surface area contributed by atoms with Crippen molar-refractivity contribution in [2.24, 2.45) is 11.8 Å². The van der Waals surface area contributed by atoms with Crippen molar-refractivity contribution in [2.45, 2.75) is 12.8 Å². The van der Waals surface area contributed by atoms with Crippen molar-refractivity contribution in [3.8, 4) is 0 Å². The van der Waals surface area contributed by atoms with Gasteiger partial charge in [0, 0.05) is 49.0 Å². The van der Waals surface area contributed by atoms with Crippen LogP contribution >= 0.6 is 0 Å². The Kier molecular flexibility index (Phi) is 7.37. The van der Waals surface area contributed by atoms with Crippen LogP contribution in [0.1, 0.15) is 23.2 Å². The number of para-hydroxylation sites is 1. The van der Waals surface area contributed by atoms with Crippen LogP contribution in [-0.4, -0.2) is 49.9 Å². The minimum absolute atomic E-state index is 0.113. The average molecular weight is 386 g/mol. The predicted molar refractivity (Wildman–Crippen MR) is 105 cm³/mol. The molecule has 7 heteroatoms. The second-order valence-electron chi connectivity index (χ2n) is 6.61. The van der Waals surface area contributed by atoms with Gasteiger partial charge in [-0.05, 0) is 12.1 Å². The number of Topliss-reactive ketones (excluding diaryl/α,β-unsaturated/α-hetero) is 1. The molecule has 1 amide bonds. The number of carbonyl (C=O) groups excluding carboxylic acids is 3. The number of anilines is 1. The van der Waals surface area contributed by atoms with Crippen LogP contribution in [0.5, 0.6) is 0 Å². The van der Waals surface area contributed by atoms with E-state index in [1.54, 1.807) is 35.2 Å². The van der Waals surface area contributed by atoms with Crippen LogP contribution in [0.3, 0.4) is 0 Å². The zero-order valence-corrected chi connectivity index (χ0v) is 16.2. The van der Waals surface area contributed by atoms with E-state index in [0.717, 1.165) is 0 Å². The van der Waals surface area contributed by atoms with Gasteiger partial charge in [-0.3, -0.25) is 9.59 Å². The molecule has 2 N–H and O–H groups in total. The van der Waals surface area contributed by atoms with Gasteiger partial charge in [-0.2, -0.15) is 0 Å². The van der Waals surface area contributed by atoms with Crippen LogP contribution in [0.4, 0.5) is 5.69 Å². The number of amides is 1.